The number of anilines is 2. The Balaban J connectivity index is 1.94. The number of carbonyl (C=O) groups is 2. The van der Waals surface area contributed by atoms with E-state index < -0.39 is 17.6 Å². The second kappa shape index (κ2) is 6.43. The van der Waals surface area contributed by atoms with Crippen LogP contribution in [-0.2, 0) is 9.59 Å². The third-order valence-electron chi connectivity index (χ3n) is 3.25. The molecule has 1 aliphatic heterocycles. The maximum Gasteiger partial charge on any atom is 0.283 e. The number of imide groups is 1. The summed E-state index contributed by atoms with van der Waals surface area (Å²) in [5, 5.41) is 3.00. The summed E-state index contributed by atoms with van der Waals surface area (Å²) < 4.78 is 13.0. The van der Waals surface area contributed by atoms with E-state index in [1.165, 1.54) is 42.5 Å². The number of nitrogens with one attached hydrogen (secondary N) is 1. The monoisotopic (exact) mass is 384 g/mol. The van der Waals surface area contributed by atoms with Crippen molar-refractivity contribution in [3.05, 3.63) is 69.1 Å². The van der Waals surface area contributed by atoms with E-state index in [4.69, 9.17) is 34.8 Å². The number of amides is 2. The molecule has 2 amide bonds. The second-order valence-electron chi connectivity index (χ2n) is 4.89. The predicted octanol–water partition coefficient (Wildman–Crippen LogP) is 4.57. The summed E-state index contributed by atoms with van der Waals surface area (Å²) in [5.41, 5.74) is 0.512. The van der Waals surface area contributed by atoms with Gasteiger partial charge in [0.25, 0.3) is 11.8 Å². The Bertz CT molecular complexity index is 861. The summed E-state index contributed by atoms with van der Waals surface area (Å²) in [6.45, 7) is 0. The van der Waals surface area contributed by atoms with Gasteiger partial charge in [0, 0.05) is 15.7 Å². The Hall–Kier alpha value is -2.08. The number of hydrogen-bond acceptors (Lipinski definition) is 3. The molecular formula is C16H8Cl3FN2O2. The second-order valence-corrected chi connectivity index (χ2v) is 6.15. The van der Waals surface area contributed by atoms with E-state index in [1.807, 2.05) is 0 Å². The van der Waals surface area contributed by atoms with E-state index in [-0.39, 0.29) is 26.5 Å². The van der Waals surface area contributed by atoms with Crippen molar-refractivity contribution < 1.29 is 14.0 Å². The molecular weight excluding hydrogens is 378 g/mol. The summed E-state index contributed by atoms with van der Waals surface area (Å²) in [4.78, 5) is 25.8. The van der Waals surface area contributed by atoms with Crippen molar-refractivity contribution >= 4 is 58.0 Å². The number of rotatable bonds is 3. The Morgan fingerprint density at radius 1 is 0.875 bits per heavy atom. The summed E-state index contributed by atoms with van der Waals surface area (Å²) in [6, 6.07) is 9.60. The van der Waals surface area contributed by atoms with Gasteiger partial charge in [0.2, 0.25) is 0 Å². The van der Waals surface area contributed by atoms with Gasteiger partial charge in [-0.25, -0.2) is 9.29 Å². The minimum atomic E-state index is -0.704. The van der Waals surface area contributed by atoms with Crippen LogP contribution >= 0.6 is 34.8 Å². The number of nitrogens with zero attached hydrogens (tertiary/aromatic N) is 1. The molecule has 2 aromatic rings. The highest BCUT2D eigenvalue weighted by molar-refractivity contribution is 6.53. The Labute approximate surface area is 151 Å². The molecule has 0 radical (unpaired) electrons. The van der Waals surface area contributed by atoms with Crippen molar-refractivity contribution in [2.75, 3.05) is 10.2 Å². The van der Waals surface area contributed by atoms with Gasteiger partial charge in [-0.15, -0.1) is 0 Å². The molecule has 8 heteroatoms. The van der Waals surface area contributed by atoms with Gasteiger partial charge in [-0.1, -0.05) is 34.8 Å². The van der Waals surface area contributed by atoms with Gasteiger partial charge in [-0.2, -0.15) is 0 Å². The molecule has 24 heavy (non-hydrogen) atoms. The van der Waals surface area contributed by atoms with Crippen LogP contribution in [0.1, 0.15) is 0 Å². The predicted molar refractivity (Wildman–Crippen MR) is 91.9 cm³/mol. The fraction of sp³-hybridized carbons (Fsp3) is 0. The first-order valence-corrected chi connectivity index (χ1v) is 7.77. The molecule has 0 unspecified atom stereocenters. The van der Waals surface area contributed by atoms with E-state index in [0.29, 0.717) is 5.69 Å². The topological polar surface area (TPSA) is 49.4 Å². The largest absolute Gasteiger partial charge is 0.350 e. The molecule has 1 aliphatic rings. The lowest BCUT2D eigenvalue weighted by Crippen LogP contribution is -2.32. The minimum Gasteiger partial charge on any atom is -0.350 e. The average Bonchev–Trinajstić information content (AvgIpc) is 2.72. The lowest BCUT2D eigenvalue weighted by atomic mass is 10.3. The SMILES string of the molecule is O=C1C(Cl)=C(Nc2ccc(F)cc2)C(=O)N1c1cc(Cl)cc(Cl)c1. The van der Waals surface area contributed by atoms with E-state index in [9.17, 15) is 14.0 Å². The smallest absolute Gasteiger partial charge is 0.283 e. The zero-order chi connectivity index (χ0) is 17.4. The van der Waals surface area contributed by atoms with Crippen molar-refractivity contribution in [3.63, 3.8) is 0 Å². The van der Waals surface area contributed by atoms with E-state index in [2.05, 4.69) is 5.32 Å². The maximum atomic E-state index is 13.0. The summed E-state index contributed by atoms with van der Waals surface area (Å²) >= 11 is 17.8. The number of halogens is 4. The van der Waals surface area contributed by atoms with Crippen molar-refractivity contribution in [2.45, 2.75) is 0 Å². The Morgan fingerprint density at radius 3 is 2.04 bits per heavy atom. The lowest BCUT2D eigenvalue weighted by Gasteiger charge is -2.15. The van der Waals surface area contributed by atoms with Gasteiger partial charge in [0.1, 0.15) is 16.5 Å². The Morgan fingerprint density at radius 2 is 1.46 bits per heavy atom. The van der Waals surface area contributed by atoms with Crippen molar-refractivity contribution in [2.24, 2.45) is 0 Å². The third kappa shape index (κ3) is 3.11. The van der Waals surface area contributed by atoms with Crippen LogP contribution < -0.4 is 10.2 Å². The van der Waals surface area contributed by atoms with Gasteiger partial charge in [0.05, 0.1) is 5.69 Å². The zero-order valence-electron chi connectivity index (χ0n) is 11.8. The van der Waals surface area contributed by atoms with E-state index in [0.717, 1.165) is 4.90 Å². The molecule has 0 aromatic heterocycles. The molecule has 122 valence electrons. The molecule has 1 heterocycles. The normalized spacial score (nSPS) is 14.6. The van der Waals surface area contributed by atoms with Crippen LogP contribution in [-0.4, -0.2) is 11.8 Å². The Kier molecular flexibility index (Phi) is 4.49. The highest BCUT2D eigenvalue weighted by Gasteiger charge is 2.39. The van der Waals surface area contributed by atoms with Gasteiger partial charge >= 0.3 is 0 Å². The molecule has 1 N–H and O–H groups in total. The van der Waals surface area contributed by atoms with Gasteiger partial charge in [-0.05, 0) is 42.5 Å². The molecule has 0 spiro atoms. The van der Waals surface area contributed by atoms with Crippen LogP contribution in [0.15, 0.2) is 53.2 Å². The first-order chi connectivity index (χ1) is 11.4. The van der Waals surface area contributed by atoms with Gasteiger partial charge < -0.3 is 5.32 Å². The first kappa shape index (κ1) is 16.8. The summed E-state index contributed by atoms with van der Waals surface area (Å²) in [6.07, 6.45) is 0. The summed E-state index contributed by atoms with van der Waals surface area (Å²) in [5.74, 6) is -1.79. The van der Waals surface area contributed by atoms with Crippen LogP contribution in [0.2, 0.25) is 10.0 Å². The van der Waals surface area contributed by atoms with E-state index >= 15 is 0 Å². The molecule has 2 aromatic carbocycles. The molecule has 0 bridgehead atoms. The van der Waals surface area contributed by atoms with Crippen LogP contribution in [0, 0.1) is 5.82 Å². The first-order valence-electron chi connectivity index (χ1n) is 6.64. The van der Waals surface area contributed by atoms with Gasteiger partial charge in [0.15, 0.2) is 0 Å². The average molecular weight is 386 g/mol. The third-order valence-corrected chi connectivity index (χ3v) is 4.03. The molecule has 0 fully saturated rings. The van der Waals surface area contributed by atoms with Crippen molar-refractivity contribution in [1.82, 2.24) is 0 Å². The highest BCUT2D eigenvalue weighted by atomic mass is 35.5. The van der Waals surface area contributed by atoms with Crippen LogP contribution in [0.4, 0.5) is 15.8 Å². The van der Waals surface area contributed by atoms with E-state index in [1.54, 1.807) is 0 Å². The maximum absolute atomic E-state index is 13.0. The minimum absolute atomic E-state index is 0.107. The quantitative estimate of drug-likeness (QED) is 0.788. The highest BCUT2D eigenvalue weighted by Crippen LogP contribution is 2.33. The number of hydrogen-bond donors (Lipinski definition) is 1. The van der Waals surface area contributed by atoms with Crippen molar-refractivity contribution in [3.8, 4) is 0 Å². The van der Waals surface area contributed by atoms with Crippen LogP contribution in [0.5, 0.6) is 0 Å². The van der Waals surface area contributed by atoms with Crippen LogP contribution in [0.3, 0.4) is 0 Å². The molecule has 0 saturated heterocycles. The standard InChI is InChI=1S/C16H8Cl3FN2O2/c17-8-5-9(18)7-12(6-8)22-15(23)13(19)14(16(22)24)21-11-3-1-10(20)2-4-11/h1-7,21H. The number of benzene rings is 2. The zero-order valence-corrected chi connectivity index (χ0v) is 14.1. The fourth-order valence-corrected chi connectivity index (χ4v) is 2.92. The summed E-state index contributed by atoms with van der Waals surface area (Å²) in [7, 11) is 0. The molecule has 4 nitrogen and oxygen atoms in total. The molecule has 0 saturated carbocycles. The molecule has 0 atom stereocenters. The lowest BCUT2D eigenvalue weighted by molar-refractivity contribution is -0.120. The fourth-order valence-electron chi connectivity index (χ4n) is 2.19. The molecule has 3 rings (SSSR count). The number of carbonyl (C=O) groups excluding carboxylic acids is 2. The van der Waals surface area contributed by atoms with Crippen LogP contribution in [0.25, 0.3) is 0 Å². The van der Waals surface area contributed by atoms with Gasteiger partial charge in [-0.3, -0.25) is 9.59 Å². The van der Waals surface area contributed by atoms with Crippen molar-refractivity contribution in [1.29, 1.82) is 0 Å². The molecule has 0 aliphatic carbocycles.